The van der Waals surface area contributed by atoms with E-state index in [1.165, 1.54) is 6.20 Å². The van der Waals surface area contributed by atoms with E-state index < -0.39 is 6.10 Å². The van der Waals surface area contributed by atoms with Gasteiger partial charge in [0.25, 0.3) is 5.91 Å². The number of carbonyl (C=O) groups excluding carboxylic acids is 1. The molecule has 1 amide bonds. The predicted octanol–water partition coefficient (Wildman–Crippen LogP) is 0.379. The molecular formula is C15H20N6O2. The fraction of sp³-hybridized carbons (Fsp3) is 0.600. The van der Waals surface area contributed by atoms with Crippen molar-refractivity contribution in [3.63, 3.8) is 0 Å². The monoisotopic (exact) mass is 316 g/mol. The lowest BCUT2D eigenvalue weighted by atomic mass is 10.1. The van der Waals surface area contributed by atoms with E-state index in [0.29, 0.717) is 24.1 Å². The molecule has 0 saturated heterocycles. The molecule has 2 aromatic heterocycles. The molecule has 0 radical (unpaired) electrons. The Bertz CT molecular complexity index is 678. The molecule has 122 valence electrons. The highest BCUT2D eigenvalue weighted by Crippen LogP contribution is 2.35. The van der Waals surface area contributed by atoms with E-state index in [0.717, 1.165) is 25.8 Å². The summed E-state index contributed by atoms with van der Waals surface area (Å²) in [7, 11) is 0. The predicted molar refractivity (Wildman–Crippen MR) is 80.5 cm³/mol. The van der Waals surface area contributed by atoms with Gasteiger partial charge in [0.15, 0.2) is 0 Å². The molecule has 0 aromatic carbocycles. The van der Waals surface area contributed by atoms with E-state index in [2.05, 4.69) is 20.7 Å². The molecule has 0 spiro atoms. The first kappa shape index (κ1) is 14.4. The molecule has 2 aromatic rings. The molecule has 23 heavy (non-hydrogen) atoms. The van der Waals surface area contributed by atoms with Gasteiger partial charge in [-0.25, -0.2) is 4.68 Å². The summed E-state index contributed by atoms with van der Waals surface area (Å²) in [5.41, 5.74) is 0.482. The van der Waals surface area contributed by atoms with Crippen molar-refractivity contribution in [3.8, 4) is 0 Å². The van der Waals surface area contributed by atoms with Crippen LogP contribution in [0.25, 0.3) is 0 Å². The molecular weight excluding hydrogens is 296 g/mol. The maximum absolute atomic E-state index is 12.4. The molecule has 0 aliphatic heterocycles. The molecule has 8 nitrogen and oxygen atoms in total. The Labute approximate surface area is 133 Å². The molecule has 8 heteroatoms. The number of hydrogen-bond donors (Lipinski definition) is 2. The lowest BCUT2D eigenvalue weighted by Crippen LogP contribution is -2.40. The lowest BCUT2D eigenvalue weighted by molar-refractivity contribution is 0.0862. The van der Waals surface area contributed by atoms with Gasteiger partial charge in [-0.05, 0) is 37.7 Å². The Morgan fingerprint density at radius 2 is 2.26 bits per heavy atom. The molecule has 2 N–H and O–H groups in total. The van der Waals surface area contributed by atoms with Gasteiger partial charge in [-0.3, -0.25) is 9.48 Å². The fourth-order valence-corrected chi connectivity index (χ4v) is 3.33. The maximum Gasteiger partial charge on any atom is 0.271 e. The van der Waals surface area contributed by atoms with Crippen LogP contribution in [-0.4, -0.2) is 47.9 Å². The van der Waals surface area contributed by atoms with Crippen LogP contribution in [0.4, 0.5) is 0 Å². The second-order valence-electron chi connectivity index (χ2n) is 6.51. The molecule has 2 fully saturated rings. The van der Waals surface area contributed by atoms with E-state index in [4.69, 9.17) is 0 Å². The molecule has 2 aliphatic carbocycles. The maximum atomic E-state index is 12.4. The van der Waals surface area contributed by atoms with Crippen molar-refractivity contribution in [2.24, 2.45) is 5.92 Å². The number of carbonyl (C=O) groups is 1. The molecule has 4 rings (SSSR count). The second-order valence-corrected chi connectivity index (χ2v) is 6.51. The summed E-state index contributed by atoms with van der Waals surface area (Å²) in [5.74, 6) is 0.104. The van der Waals surface area contributed by atoms with Gasteiger partial charge in [-0.1, -0.05) is 5.21 Å². The number of rotatable bonds is 5. The summed E-state index contributed by atoms with van der Waals surface area (Å²) in [4.78, 5) is 12.4. The van der Waals surface area contributed by atoms with Crippen LogP contribution in [0.15, 0.2) is 24.7 Å². The quantitative estimate of drug-likeness (QED) is 0.831. The number of aliphatic hydroxyl groups excluding tert-OH is 1. The van der Waals surface area contributed by atoms with Crippen LogP contribution in [0.3, 0.4) is 0 Å². The third kappa shape index (κ3) is 2.98. The van der Waals surface area contributed by atoms with E-state index in [-0.39, 0.29) is 11.9 Å². The Balaban J connectivity index is 1.38. The Hall–Kier alpha value is -2.22. The first-order valence-electron chi connectivity index (χ1n) is 8.07. The van der Waals surface area contributed by atoms with Crippen molar-refractivity contribution in [2.75, 3.05) is 0 Å². The van der Waals surface area contributed by atoms with Crippen molar-refractivity contribution in [2.45, 2.75) is 50.4 Å². The minimum atomic E-state index is -0.523. The van der Waals surface area contributed by atoms with Gasteiger partial charge in [-0.2, -0.15) is 5.10 Å². The van der Waals surface area contributed by atoms with Crippen LogP contribution < -0.4 is 5.32 Å². The lowest BCUT2D eigenvalue weighted by Gasteiger charge is -2.16. The van der Waals surface area contributed by atoms with E-state index in [1.807, 2.05) is 16.9 Å². The Morgan fingerprint density at radius 1 is 1.39 bits per heavy atom. The van der Waals surface area contributed by atoms with Crippen molar-refractivity contribution < 1.29 is 9.90 Å². The average molecular weight is 316 g/mol. The average Bonchev–Trinajstić information content (AvgIpc) is 2.94. The minimum absolute atomic E-state index is 0.203. The first-order valence-corrected chi connectivity index (χ1v) is 8.07. The van der Waals surface area contributed by atoms with Crippen molar-refractivity contribution >= 4 is 5.91 Å². The summed E-state index contributed by atoms with van der Waals surface area (Å²) in [5, 5.41) is 25.2. The zero-order chi connectivity index (χ0) is 15.8. The summed E-state index contributed by atoms with van der Waals surface area (Å²) in [6, 6.07) is 1.96. The molecule has 3 atom stereocenters. The third-order valence-electron chi connectivity index (χ3n) is 4.65. The number of nitrogens with one attached hydrogen (secondary N) is 1. The topological polar surface area (TPSA) is 97.9 Å². The van der Waals surface area contributed by atoms with Gasteiger partial charge in [0.1, 0.15) is 5.69 Å². The highest BCUT2D eigenvalue weighted by Gasteiger charge is 2.36. The zero-order valence-corrected chi connectivity index (χ0v) is 12.7. The minimum Gasteiger partial charge on any atom is -0.391 e. The van der Waals surface area contributed by atoms with Gasteiger partial charge in [0, 0.05) is 18.9 Å². The van der Waals surface area contributed by atoms with Crippen LogP contribution in [0, 0.1) is 5.92 Å². The third-order valence-corrected chi connectivity index (χ3v) is 4.65. The van der Waals surface area contributed by atoms with E-state index in [9.17, 15) is 9.90 Å². The highest BCUT2D eigenvalue weighted by molar-refractivity contribution is 5.92. The smallest absolute Gasteiger partial charge is 0.271 e. The van der Waals surface area contributed by atoms with Gasteiger partial charge in [0.05, 0.1) is 24.4 Å². The van der Waals surface area contributed by atoms with E-state index in [1.54, 1.807) is 10.9 Å². The van der Waals surface area contributed by atoms with Crippen molar-refractivity contribution in [3.05, 3.63) is 30.4 Å². The summed E-state index contributed by atoms with van der Waals surface area (Å²) in [6.07, 6.45) is 8.14. The Kier molecular flexibility index (Phi) is 3.60. The number of nitrogens with zero attached hydrogens (tertiary/aromatic N) is 5. The van der Waals surface area contributed by atoms with Crippen LogP contribution in [-0.2, 0) is 6.54 Å². The van der Waals surface area contributed by atoms with Crippen LogP contribution >= 0.6 is 0 Å². The van der Waals surface area contributed by atoms with Gasteiger partial charge < -0.3 is 10.4 Å². The molecule has 2 aliphatic rings. The van der Waals surface area contributed by atoms with Crippen LogP contribution in [0.5, 0.6) is 0 Å². The number of hydrogen-bond acceptors (Lipinski definition) is 5. The summed E-state index contributed by atoms with van der Waals surface area (Å²) >= 11 is 0. The zero-order valence-electron chi connectivity index (χ0n) is 12.7. The normalized spacial score (nSPS) is 27.3. The first-order chi connectivity index (χ1) is 11.2. The largest absolute Gasteiger partial charge is 0.391 e. The molecule has 0 bridgehead atoms. The van der Waals surface area contributed by atoms with Gasteiger partial charge in [-0.15, -0.1) is 5.10 Å². The van der Waals surface area contributed by atoms with Crippen molar-refractivity contribution in [1.82, 2.24) is 30.1 Å². The van der Waals surface area contributed by atoms with Gasteiger partial charge >= 0.3 is 0 Å². The Morgan fingerprint density at radius 3 is 3.00 bits per heavy atom. The van der Waals surface area contributed by atoms with Crippen LogP contribution in [0.1, 0.15) is 42.2 Å². The molecule has 2 saturated carbocycles. The standard InChI is InChI=1S/C15H20N6O2/c22-14-7-10(9-20-5-1-4-17-20)6-12(14)18-15(23)13-8-16-19-21(13)11-2-3-11/h1,4-5,8,10-12,14,22H,2-3,6-7,9H2,(H,18,23)/t10?,12-,14-/m1/s1. The summed E-state index contributed by atoms with van der Waals surface area (Å²) < 4.78 is 3.56. The second kappa shape index (κ2) is 5.77. The highest BCUT2D eigenvalue weighted by atomic mass is 16.3. The number of aliphatic hydroxyl groups is 1. The molecule has 1 unspecified atom stereocenters. The number of amides is 1. The van der Waals surface area contributed by atoms with Crippen molar-refractivity contribution in [1.29, 1.82) is 0 Å². The SMILES string of the molecule is O=C(N[C@@H]1CC(Cn2cccn2)C[C@H]1O)c1cnnn1C1CC1. The van der Waals surface area contributed by atoms with Gasteiger partial charge in [0.2, 0.25) is 0 Å². The summed E-state index contributed by atoms with van der Waals surface area (Å²) in [6.45, 7) is 0.762. The number of aromatic nitrogens is 5. The fourth-order valence-electron chi connectivity index (χ4n) is 3.33. The molecule has 2 heterocycles. The van der Waals surface area contributed by atoms with Crippen LogP contribution in [0.2, 0.25) is 0 Å². The van der Waals surface area contributed by atoms with E-state index >= 15 is 0 Å².